The second-order valence-corrected chi connectivity index (χ2v) is 15.2. The number of anilines is 4. The Bertz CT molecular complexity index is 1550. The van der Waals surface area contributed by atoms with Crippen molar-refractivity contribution in [3.63, 3.8) is 0 Å². The summed E-state index contributed by atoms with van der Waals surface area (Å²) in [7, 11) is -2.00. The molecular formula is C30H44ClN7O4S. The van der Waals surface area contributed by atoms with E-state index < -0.39 is 15.1 Å². The van der Waals surface area contributed by atoms with Crippen LogP contribution in [0.25, 0.3) is 0 Å². The predicted octanol–water partition coefficient (Wildman–Crippen LogP) is 5.58. The first-order chi connectivity index (χ1) is 20.1. The van der Waals surface area contributed by atoms with E-state index >= 15 is 0 Å². The van der Waals surface area contributed by atoms with Crippen molar-refractivity contribution in [2.75, 3.05) is 30.3 Å². The number of nitrogens with one attached hydrogen (secondary N) is 2. The lowest BCUT2D eigenvalue weighted by molar-refractivity contribution is 0.0378. The van der Waals surface area contributed by atoms with E-state index in [4.69, 9.17) is 16.3 Å². The summed E-state index contributed by atoms with van der Waals surface area (Å²) in [5, 5.41) is 19.8. The van der Waals surface area contributed by atoms with Crippen LogP contribution in [-0.2, 0) is 16.9 Å². The minimum Gasteiger partial charge on any atom is -0.489 e. The Kier molecular flexibility index (Phi) is 9.95. The summed E-state index contributed by atoms with van der Waals surface area (Å²) < 4.78 is 33.5. The van der Waals surface area contributed by atoms with E-state index in [2.05, 4.69) is 63.5 Å². The quantitative estimate of drug-likeness (QED) is 0.246. The van der Waals surface area contributed by atoms with Gasteiger partial charge >= 0.3 is 0 Å². The van der Waals surface area contributed by atoms with Gasteiger partial charge in [0.2, 0.25) is 20.8 Å². The third-order valence-corrected chi connectivity index (χ3v) is 10.2. The van der Waals surface area contributed by atoms with Crippen molar-refractivity contribution < 1.29 is 18.3 Å². The number of benzene rings is 1. The lowest BCUT2D eigenvalue weighted by atomic mass is 9.85. The summed E-state index contributed by atoms with van der Waals surface area (Å²) in [5.41, 5.74) is 3.14. The van der Waals surface area contributed by atoms with Gasteiger partial charge in [-0.15, -0.1) is 0 Å². The molecule has 0 aliphatic carbocycles. The highest BCUT2D eigenvalue weighted by atomic mass is 35.5. The zero-order chi connectivity index (χ0) is 31.7. The van der Waals surface area contributed by atoms with E-state index in [0.717, 1.165) is 31.5 Å². The minimum absolute atomic E-state index is 0.0569. The maximum absolute atomic E-state index is 12.9. The Morgan fingerprint density at radius 1 is 1.14 bits per heavy atom. The highest BCUT2D eigenvalue weighted by molar-refractivity contribution is 7.92. The topological polar surface area (TPSA) is 134 Å². The summed E-state index contributed by atoms with van der Waals surface area (Å²) in [5.74, 6) is 1.58. The highest BCUT2D eigenvalue weighted by Gasteiger charge is 2.32. The predicted molar refractivity (Wildman–Crippen MR) is 171 cm³/mol. The van der Waals surface area contributed by atoms with Crippen LogP contribution >= 0.6 is 11.6 Å². The fourth-order valence-electron chi connectivity index (χ4n) is 5.24. The molecule has 1 fully saturated rings. The molecule has 0 unspecified atom stereocenters. The van der Waals surface area contributed by atoms with Crippen molar-refractivity contribution in [2.45, 2.75) is 89.1 Å². The van der Waals surface area contributed by atoms with Gasteiger partial charge in [-0.1, -0.05) is 11.6 Å². The number of aliphatic hydroxyl groups is 1. The zero-order valence-corrected chi connectivity index (χ0v) is 27.8. The van der Waals surface area contributed by atoms with Crippen molar-refractivity contribution in [3.8, 4) is 5.75 Å². The smallest absolute Gasteiger partial charge is 0.229 e. The number of likely N-dealkylation sites (tertiary alicyclic amines) is 1. The van der Waals surface area contributed by atoms with Gasteiger partial charge in [0, 0.05) is 18.8 Å². The molecule has 0 bridgehead atoms. The van der Waals surface area contributed by atoms with Crippen LogP contribution in [0.4, 0.5) is 23.1 Å². The van der Waals surface area contributed by atoms with E-state index in [1.165, 1.54) is 16.4 Å². The third kappa shape index (κ3) is 7.42. The molecular weight excluding hydrogens is 590 g/mol. The first-order valence-corrected chi connectivity index (χ1v) is 16.6. The van der Waals surface area contributed by atoms with Crippen LogP contribution in [0.3, 0.4) is 0 Å². The molecule has 0 radical (unpaired) electrons. The summed E-state index contributed by atoms with van der Waals surface area (Å²) in [4.78, 5) is 11.3. The van der Waals surface area contributed by atoms with Crippen molar-refractivity contribution in [2.24, 2.45) is 7.05 Å². The fourth-order valence-corrected chi connectivity index (χ4v) is 6.48. The molecule has 4 rings (SSSR count). The number of hydrogen-bond donors (Lipinski definition) is 3. The van der Waals surface area contributed by atoms with E-state index in [-0.39, 0.29) is 45.8 Å². The van der Waals surface area contributed by atoms with Crippen LogP contribution in [0.15, 0.2) is 29.6 Å². The Labute approximate surface area is 259 Å². The molecule has 236 valence electrons. The molecule has 0 spiro atoms. The molecule has 0 atom stereocenters. The molecule has 3 aromatic rings. The summed E-state index contributed by atoms with van der Waals surface area (Å²) in [6.45, 7) is 15.4. The van der Waals surface area contributed by atoms with Crippen LogP contribution in [0.1, 0.15) is 71.4 Å². The number of aromatic nitrogens is 4. The first kappa shape index (κ1) is 33.0. The van der Waals surface area contributed by atoms with Crippen LogP contribution in [0.5, 0.6) is 5.75 Å². The van der Waals surface area contributed by atoms with E-state index in [9.17, 15) is 13.5 Å². The number of rotatable bonds is 11. The zero-order valence-electron chi connectivity index (χ0n) is 26.3. The van der Waals surface area contributed by atoms with Gasteiger partial charge in [-0.2, -0.15) is 10.1 Å². The van der Waals surface area contributed by atoms with Crippen LogP contribution in [-0.4, -0.2) is 74.8 Å². The van der Waals surface area contributed by atoms with Gasteiger partial charge in [-0.3, -0.25) is 9.58 Å². The number of nitrogens with zero attached hydrogens (tertiary/aromatic N) is 5. The van der Waals surface area contributed by atoms with Gasteiger partial charge in [0.05, 0.1) is 35.5 Å². The number of ether oxygens (including phenoxy) is 1. The number of aliphatic hydroxyl groups excluding tert-OH is 1. The molecule has 1 aliphatic heterocycles. The first-order valence-electron chi connectivity index (χ1n) is 14.6. The average molecular weight is 634 g/mol. The molecule has 0 amide bonds. The molecule has 2 aromatic heterocycles. The highest BCUT2D eigenvalue weighted by Crippen LogP contribution is 2.39. The van der Waals surface area contributed by atoms with E-state index in [1.807, 2.05) is 13.8 Å². The van der Waals surface area contributed by atoms with Gasteiger partial charge in [0.25, 0.3) is 0 Å². The lowest BCUT2D eigenvalue weighted by Gasteiger charge is -2.42. The SMILES string of the molecule is Cc1cc(Nc2ncc(Cl)c(Nc3cn(C)nc3S(=O)(=O)C(C)C)n2)c(OC(C)C)cc1C1CCN(C(C)(C)CO)CC1. The number of aryl methyl sites for hydroxylation is 2. The molecule has 1 aromatic carbocycles. The van der Waals surface area contributed by atoms with Crippen molar-refractivity contribution >= 4 is 44.6 Å². The van der Waals surface area contributed by atoms with Crippen LogP contribution < -0.4 is 15.4 Å². The number of piperidine rings is 1. The summed E-state index contributed by atoms with van der Waals surface area (Å²) in [6, 6.07) is 4.17. The van der Waals surface area contributed by atoms with Gasteiger partial charge < -0.3 is 20.5 Å². The largest absolute Gasteiger partial charge is 0.489 e. The Morgan fingerprint density at radius 3 is 2.42 bits per heavy atom. The second-order valence-electron chi connectivity index (χ2n) is 12.4. The maximum Gasteiger partial charge on any atom is 0.229 e. The monoisotopic (exact) mass is 633 g/mol. The summed E-state index contributed by atoms with van der Waals surface area (Å²) >= 11 is 6.43. The van der Waals surface area contributed by atoms with Gasteiger partial charge in [-0.25, -0.2) is 13.4 Å². The number of hydrogen-bond acceptors (Lipinski definition) is 10. The molecule has 3 N–H and O–H groups in total. The summed E-state index contributed by atoms with van der Waals surface area (Å²) in [6.07, 6.45) is 4.97. The molecule has 1 aliphatic rings. The Morgan fingerprint density at radius 2 is 1.81 bits per heavy atom. The van der Waals surface area contributed by atoms with Crippen molar-refractivity contribution in [1.29, 1.82) is 0 Å². The fraction of sp³-hybridized carbons (Fsp3) is 0.567. The molecule has 11 nitrogen and oxygen atoms in total. The molecule has 43 heavy (non-hydrogen) atoms. The lowest BCUT2D eigenvalue weighted by Crippen LogP contribution is -2.50. The van der Waals surface area contributed by atoms with E-state index in [1.54, 1.807) is 27.1 Å². The van der Waals surface area contributed by atoms with E-state index in [0.29, 0.717) is 17.4 Å². The number of halogens is 1. The Hall–Kier alpha value is -2.93. The standard InChI is InChI=1S/C30H44ClN7O4S/c1-18(2)42-26-14-22(21-9-11-38(12-10-21)30(6,7)17-39)20(5)13-24(26)34-29-32-15-23(31)27(35-29)33-25-16-37(8)36-28(25)43(40,41)19(3)4/h13-16,18-19,21,39H,9-12,17H2,1-8H3,(H2,32,33,34,35). The normalized spacial score (nSPS) is 15.3. The van der Waals surface area contributed by atoms with Crippen LogP contribution in [0.2, 0.25) is 5.02 Å². The maximum atomic E-state index is 12.9. The molecule has 0 saturated carbocycles. The van der Waals surface area contributed by atoms with Crippen molar-refractivity contribution in [1.82, 2.24) is 24.6 Å². The Balaban J connectivity index is 1.61. The molecule has 3 heterocycles. The second kappa shape index (κ2) is 13.0. The van der Waals surface area contributed by atoms with Gasteiger partial charge in [0.1, 0.15) is 10.8 Å². The van der Waals surface area contributed by atoms with Gasteiger partial charge in [0.15, 0.2) is 5.82 Å². The third-order valence-electron chi connectivity index (χ3n) is 7.84. The minimum atomic E-state index is -3.65. The average Bonchev–Trinajstić information content (AvgIpc) is 3.32. The number of sulfone groups is 1. The van der Waals surface area contributed by atoms with Crippen LogP contribution in [0, 0.1) is 6.92 Å². The van der Waals surface area contributed by atoms with Crippen molar-refractivity contribution in [3.05, 3.63) is 40.7 Å². The van der Waals surface area contributed by atoms with Gasteiger partial charge in [-0.05, 0) is 104 Å². The molecule has 13 heteroatoms. The molecule has 1 saturated heterocycles.